The molecule has 1 aliphatic rings. The molecular weight excluding hydrogens is 350 g/mol. The van der Waals surface area contributed by atoms with Crippen LogP contribution in [0.2, 0.25) is 0 Å². The van der Waals surface area contributed by atoms with Crippen LogP contribution < -0.4 is 5.32 Å². The van der Waals surface area contributed by atoms with E-state index in [9.17, 15) is 8.42 Å². The van der Waals surface area contributed by atoms with Crippen LogP contribution in [0.5, 0.6) is 0 Å². The second-order valence-electron chi connectivity index (χ2n) is 4.37. The van der Waals surface area contributed by atoms with Crippen molar-refractivity contribution in [3.8, 4) is 0 Å². The number of hydrogen-bond donors (Lipinski definition) is 1. The summed E-state index contributed by atoms with van der Waals surface area (Å²) in [5.41, 5.74) is 0.886. The highest BCUT2D eigenvalue weighted by molar-refractivity contribution is 9.10. The van der Waals surface area contributed by atoms with E-state index in [1.807, 2.05) is 12.3 Å². The maximum absolute atomic E-state index is 11.9. The maximum atomic E-state index is 11.9. The van der Waals surface area contributed by atoms with E-state index in [0.29, 0.717) is 18.0 Å². The number of rotatable bonds is 3. The summed E-state index contributed by atoms with van der Waals surface area (Å²) in [6.45, 7) is 2.18. The van der Waals surface area contributed by atoms with Crippen molar-refractivity contribution in [2.24, 2.45) is 0 Å². The molecule has 4 nitrogen and oxygen atoms in total. The zero-order valence-electron chi connectivity index (χ0n) is 10.8. The Hall–Kier alpha value is -0.0800. The number of nitrogens with one attached hydrogen (secondary N) is 1. The van der Waals surface area contributed by atoms with Gasteiger partial charge in [-0.3, -0.25) is 0 Å². The van der Waals surface area contributed by atoms with Gasteiger partial charge in [0, 0.05) is 28.7 Å². The second kappa shape index (κ2) is 6.13. The molecule has 1 aliphatic heterocycles. The fourth-order valence-corrected chi connectivity index (χ4v) is 5.14. The van der Waals surface area contributed by atoms with Gasteiger partial charge < -0.3 is 10.1 Å². The zero-order chi connectivity index (χ0) is 14.0. The Morgan fingerprint density at radius 2 is 2.21 bits per heavy atom. The topological polar surface area (TPSA) is 55.4 Å². The summed E-state index contributed by atoms with van der Waals surface area (Å²) < 4.78 is 30.3. The Morgan fingerprint density at radius 3 is 2.74 bits per heavy atom. The van der Waals surface area contributed by atoms with Gasteiger partial charge in [-0.25, -0.2) is 8.42 Å². The zero-order valence-corrected chi connectivity index (χ0v) is 14.0. The van der Waals surface area contributed by atoms with Crippen molar-refractivity contribution >= 4 is 37.5 Å². The SMILES string of the molecule is CSc1c(Br)cc(C2CNCCO2)cc1S(C)(=O)=O. The molecule has 0 bridgehead atoms. The standard InChI is InChI=1S/C12H16BrNO3S2/c1-18-12-9(13)5-8(6-11(12)19(2,15)16)10-7-14-3-4-17-10/h5-6,10,14H,3-4,7H2,1-2H3. The second-order valence-corrected chi connectivity index (χ2v) is 8.02. The van der Waals surface area contributed by atoms with Gasteiger partial charge in [-0.1, -0.05) is 0 Å². The van der Waals surface area contributed by atoms with Crippen molar-refractivity contribution in [2.75, 3.05) is 32.2 Å². The molecule has 7 heteroatoms. The number of halogens is 1. The number of thioether (sulfide) groups is 1. The van der Waals surface area contributed by atoms with E-state index in [1.54, 1.807) is 6.07 Å². The van der Waals surface area contributed by atoms with Crippen molar-refractivity contribution in [2.45, 2.75) is 15.9 Å². The van der Waals surface area contributed by atoms with Gasteiger partial charge >= 0.3 is 0 Å². The molecule has 1 N–H and O–H groups in total. The van der Waals surface area contributed by atoms with Crippen molar-refractivity contribution in [3.63, 3.8) is 0 Å². The first-order valence-corrected chi connectivity index (χ1v) is 9.74. The monoisotopic (exact) mass is 365 g/mol. The van der Waals surface area contributed by atoms with E-state index >= 15 is 0 Å². The molecule has 1 heterocycles. The predicted octanol–water partition coefficient (Wildman–Crippen LogP) is 2.24. The molecule has 0 saturated carbocycles. The van der Waals surface area contributed by atoms with Crippen molar-refractivity contribution in [1.29, 1.82) is 0 Å². The van der Waals surface area contributed by atoms with Crippen LogP contribution in [0.1, 0.15) is 11.7 Å². The van der Waals surface area contributed by atoms with E-state index in [2.05, 4.69) is 21.2 Å². The highest BCUT2D eigenvalue weighted by Gasteiger charge is 2.22. The summed E-state index contributed by atoms with van der Waals surface area (Å²) in [4.78, 5) is 1.11. The van der Waals surface area contributed by atoms with Crippen LogP contribution in [-0.4, -0.2) is 40.6 Å². The van der Waals surface area contributed by atoms with Crippen molar-refractivity contribution in [1.82, 2.24) is 5.32 Å². The molecule has 0 spiro atoms. The molecule has 1 unspecified atom stereocenters. The van der Waals surface area contributed by atoms with Gasteiger partial charge in [-0.15, -0.1) is 11.8 Å². The number of hydrogen-bond acceptors (Lipinski definition) is 5. The highest BCUT2D eigenvalue weighted by Crippen LogP contribution is 2.36. The Bertz CT molecular complexity index is 569. The molecule has 1 saturated heterocycles. The fraction of sp³-hybridized carbons (Fsp3) is 0.500. The number of benzene rings is 1. The van der Waals surface area contributed by atoms with Crippen LogP contribution in [0.3, 0.4) is 0 Å². The molecule has 1 aromatic carbocycles. The molecule has 0 radical (unpaired) electrons. The van der Waals surface area contributed by atoms with Crippen molar-refractivity contribution < 1.29 is 13.2 Å². The lowest BCUT2D eigenvalue weighted by molar-refractivity contribution is 0.0275. The minimum absolute atomic E-state index is 0.0959. The lowest BCUT2D eigenvalue weighted by Crippen LogP contribution is -2.33. The largest absolute Gasteiger partial charge is 0.371 e. The molecule has 19 heavy (non-hydrogen) atoms. The predicted molar refractivity (Wildman–Crippen MR) is 80.6 cm³/mol. The Morgan fingerprint density at radius 1 is 1.47 bits per heavy atom. The summed E-state index contributed by atoms with van der Waals surface area (Å²) in [6.07, 6.45) is 3.01. The van der Waals surface area contributed by atoms with Gasteiger partial charge in [0.25, 0.3) is 0 Å². The summed E-state index contributed by atoms with van der Waals surface area (Å²) in [5, 5.41) is 3.24. The third-order valence-corrected chi connectivity index (χ3v) is 5.92. The smallest absolute Gasteiger partial charge is 0.176 e. The van der Waals surface area contributed by atoms with Crippen LogP contribution in [0.15, 0.2) is 26.4 Å². The van der Waals surface area contributed by atoms with Gasteiger partial charge in [0.05, 0.1) is 17.6 Å². The molecule has 1 fully saturated rings. The molecule has 1 aromatic rings. The highest BCUT2D eigenvalue weighted by atomic mass is 79.9. The molecule has 1 atom stereocenters. The van der Waals surface area contributed by atoms with E-state index < -0.39 is 9.84 Å². The number of morpholine rings is 1. The lowest BCUT2D eigenvalue weighted by Gasteiger charge is -2.25. The van der Waals surface area contributed by atoms with E-state index in [0.717, 1.165) is 21.5 Å². The third kappa shape index (κ3) is 3.52. The summed E-state index contributed by atoms with van der Waals surface area (Å²) in [5.74, 6) is 0. The fourth-order valence-electron chi connectivity index (χ4n) is 2.03. The molecular formula is C12H16BrNO3S2. The summed E-state index contributed by atoms with van der Waals surface area (Å²) >= 11 is 4.88. The number of ether oxygens (including phenoxy) is 1. The van der Waals surface area contributed by atoms with Gasteiger partial charge in [-0.05, 0) is 39.9 Å². The quantitative estimate of drug-likeness (QED) is 0.832. The maximum Gasteiger partial charge on any atom is 0.176 e. The Labute approximate surface area is 126 Å². The molecule has 0 amide bonds. The first kappa shape index (κ1) is 15.3. The summed E-state index contributed by atoms with van der Waals surface area (Å²) in [7, 11) is -3.26. The molecule has 0 aliphatic carbocycles. The minimum atomic E-state index is -3.26. The van der Waals surface area contributed by atoms with Crippen molar-refractivity contribution in [3.05, 3.63) is 22.2 Å². The van der Waals surface area contributed by atoms with E-state index in [-0.39, 0.29) is 6.10 Å². The summed E-state index contributed by atoms with van der Waals surface area (Å²) in [6, 6.07) is 3.67. The normalized spacial score (nSPS) is 20.5. The minimum Gasteiger partial charge on any atom is -0.371 e. The van der Waals surface area contributed by atoms with Crippen LogP contribution in [0.4, 0.5) is 0 Å². The third-order valence-electron chi connectivity index (χ3n) is 2.93. The lowest BCUT2D eigenvalue weighted by atomic mass is 10.1. The van der Waals surface area contributed by atoms with Crippen LogP contribution >= 0.6 is 27.7 Å². The van der Waals surface area contributed by atoms with Crippen LogP contribution in [0, 0.1) is 0 Å². The number of sulfone groups is 1. The van der Waals surface area contributed by atoms with Gasteiger partial charge in [0.15, 0.2) is 9.84 Å². The van der Waals surface area contributed by atoms with Gasteiger partial charge in [0.2, 0.25) is 0 Å². The average molecular weight is 366 g/mol. The van der Waals surface area contributed by atoms with Gasteiger partial charge in [0.1, 0.15) is 0 Å². The average Bonchev–Trinajstić information content (AvgIpc) is 2.37. The molecule has 106 valence electrons. The van der Waals surface area contributed by atoms with E-state index in [4.69, 9.17) is 4.74 Å². The Balaban J connectivity index is 2.50. The van der Waals surface area contributed by atoms with E-state index in [1.165, 1.54) is 18.0 Å². The first-order valence-electron chi connectivity index (χ1n) is 5.83. The molecule has 2 rings (SSSR count). The molecule has 0 aromatic heterocycles. The first-order chi connectivity index (χ1) is 8.93. The van der Waals surface area contributed by atoms with Crippen LogP contribution in [0.25, 0.3) is 0 Å². The van der Waals surface area contributed by atoms with Gasteiger partial charge in [-0.2, -0.15) is 0 Å². The Kier molecular flexibility index (Phi) is 4.94. The van der Waals surface area contributed by atoms with Crippen LogP contribution in [-0.2, 0) is 14.6 Å².